The lowest BCUT2D eigenvalue weighted by Crippen LogP contribution is -2.59. The van der Waals surface area contributed by atoms with Crippen LogP contribution in [0.15, 0.2) is 12.1 Å². The molecule has 8 heteroatoms. The molecule has 0 aromatic heterocycles. The van der Waals surface area contributed by atoms with Crippen molar-refractivity contribution in [1.82, 2.24) is 0 Å². The largest absolute Gasteiger partial charge is 0.452 e. The Morgan fingerprint density at radius 1 is 1.14 bits per heavy atom. The maximum absolute atomic E-state index is 13.7. The van der Waals surface area contributed by atoms with E-state index in [2.05, 4.69) is 5.32 Å². The van der Waals surface area contributed by atoms with Gasteiger partial charge in [-0.25, -0.2) is 13.2 Å². The molecule has 0 radical (unpaired) electrons. The van der Waals surface area contributed by atoms with Gasteiger partial charge in [0.1, 0.15) is 0 Å². The average molecular weight is 397 g/mol. The molecule has 1 aromatic rings. The lowest BCUT2D eigenvalue weighted by molar-refractivity contribution is -0.199. The fourth-order valence-electron chi connectivity index (χ4n) is 5.65. The molecular weight excluding hydrogens is 375 g/mol. The molecule has 28 heavy (non-hydrogen) atoms. The fraction of sp³-hybridized carbons (Fsp3) is 0.600. The predicted octanol–water partition coefficient (Wildman–Crippen LogP) is 3.31. The Balaban J connectivity index is 1.44. The average Bonchev–Trinajstić information content (AvgIpc) is 2.60. The number of anilines is 1. The second kappa shape index (κ2) is 6.47. The molecule has 4 bridgehead atoms. The summed E-state index contributed by atoms with van der Waals surface area (Å²) in [5.74, 6) is -5.40. The Bertz CT molecular complexity index is 829. The number of amides is 1. The van der Waals surface area contributed by atoms with E-state index in [9.17, 15) is 27.9 Å². The SMILES string of the molecule is C[C@H](OC(=O)C12C[C@@H]3C[C@@H](CC(O)(C3)C1)C2)C(=O)Nc1ccc(F)c(F)c1F. The van der Waals surface area contributed by atoms with E-state index in [1.54, 1.807) is 0 Å². The Morgan fingerprint density at radius 3 is 2.39 bits per heavy atom. The van der Waals surface area contributed by atoms with Crippen LogP contribution in [-0.4, -0.2) is 28.7 Å². The van der Waals surface area contributed by atoms with Crippen LogP contribution in [0.4, 0.5) is 18.9 Å². The van der Waals surface area contributed by atoms with E-state index in [4.69, 9.17) is 4.74 Å². The first-order valence-electron chi connectivity index (χ1n) is 9.49. The number of nitrogens with one attached hydrogen (secondary N) is 1. The van der Waals surface area contributed by atoms with Gasteiger partial charge in [0.05, 0.1) is 16.7 Å². The topological polar surface area (TPSA) is 75.6 Å². The molecule has 1 aromatic carbocycles. The first kappa shape index (κ1) is 19.2. The number of rotatable bonds is 4. The second-order valence-electron chi connectivity index (χ2n) is 8.73. The van der Waals surface area contributed by atoms with E-state index in [1.165, 1.54) is 6.92 Å². The normalized spacial score (nSPS) is 34.2. The van der Waals surface area contributed by atoms with Crippen molar-refractivity contribution in [3.05, 3.63) is 29.6 Å². The van der Waals surface area contributed by atoms with E-state index in [0.717, 1.165) is 12.5 Å². The molecule has 5 nitrogen and oxygen atoms in total. The van der Waals surface area contributed by atoms with Gasteiger partial charge in [0.2, 0.25) is 0 Å². The van der Waals surface area contributed by atoms with E-state index >= 15 is 0 Å². The third-order valence-electron chi connectivity index (χ3n) is 6.41. The summed E-state index contributed by atoms with van der Waals surface area (Å²) in [4.78, 5) is 25.1. The van der Waals surface area contributed by atoms with Crippen molar-refractivity contribution in [2.75, 3.05) is 5.32 Å². The highest BCUT2D eigenvalue weighted by Gasteiger charge is 2.61. The fourth-order valence-corrected chi connectivity index (χ4v) is 5.65. The summed E-state index contributed by atoms with van der Waals surface area (Å²) in [6.07, 6.45) is 2.75. The van der Waals surface area contributed by atoms with Crippen molar-refractivity contribution in [1.29, 1.82) is 0 Å². The number of halogens is 3. The van der Waals surface area contributed by atoms with E-state index in [1.807, 2.05) is 0 Å². The van der Waals surface area contributed by atoms with Gasteiger partial charge in [-0.3, -0.25) is 9.59 Å². The molecule has 4 aliphatic carbocycles. The molecule has 5 rings (SSSR count). The highest BCUT2D eigenvalue weighted by atomic mass is 19.2. The van der Waals surface area contributed by atoms with Gasteiger partial charge >= 0.3 is 5.97 Å². The molecule has 0 heterocycles. The van der Waals surface area contributed by atoms with Crippen LogP contribution in [0.25, 0.3) is 0 Å². The molecule has 4 fully saturated rings. The number of carbonyl (C=O) groups excluding carboxylic acids is 2. The summed E-state index contributed by atoms with van der Waals surface area (Å²) in [7, 11) is 0. The van der Waals surface area contributed by atoms with Gasteiger partial charge in [0.15, 0.2) is 23.6 Å². The minimum absolute atomic E-state index is 0.277. The predicted molar refractivity (Wildman–Crippen MR) is 92.6 cm³/mol. The van der Waals surface area contributed by atoms with Crippen molar-refractivity contribution in [2.24, 2.45) is 17.3 Å². The summed E-state index contributed by atoms with van der Waals surface area (Å²) in [6, 6.07) is 1.59. The number of esters is 1. The monoisotopic (exact) mass is 397 g/mol. The van der Waals surface area contributed by atoms with Gasteiger partial charge in [-0.1, -0.05) is 0 Å². The van der Waals surface area contributed by atoms with Crippen LogP contribution in [0, 0.1) is 34.7 Å². The van der Waals surface area contributed by atoms with Crippen LogP contribution in [0.2, 0.25) is 0 Å². The van der Waals surface area contributed by atoms with Crippen LogP contribution >= 0.6 is 0 Å². The highest BCUT2D eigenvalue weighted by molar-refractivity contribution is 5.95. The van der Waals surface area contributed by atoms with Crippen LogP contribution < -0.4 is 5.32 Å². The van der Waals surface area contributed by atoms with Crippen LogP contribution in [0.1, 0.15) is 45.4 Å². The standard InChI is InChI=1S/C20H22F3NO4/c1-10(17(25)24-14-3-2-13(21)15(22)16(14)23)28-18(26)19-5-11-4-12(6-19)8-20(27,7-11)9-19/h2-3,10-12,27H,4-9H2,1H3,(H,24,25)/t10-,11-,12+,19?,20?/m0/s1. The van der Waals surface area contributed by atoms with Crippen molar-refractivity contribution in [3.8, 4) is 0 Å². The molecule has 4 saturated carbocycles. The summed E-state index contributed by atoms with van der Waals surface area (Å²) < 4.78 is 45.4. The zero-order valence-electron chi connectivity index (χ0n) is 15.4. The molecule has 152 valence electrons. The highest BCUT2D eigenvalue weighted by Crippen LogP contribution is 2.62. The Kier molecular flexibility index (Phi) is 4.45. The maximum atomic E-state index is 13.7. The summed E-state index contributed by atoms with van der Waals surface area (Å²) in [6.45, 7) is 1.33. The van der Waals surface area contributed by atoms with Gasteiger partial charge in [-0.2, -0.15) is 0 Å². The minimum atomic E-state index is -1.69. The van der Waals surface area contributed by atoms with Crippen molar-refractivity contribution >= 4 is 17.6 Å². The summed E-state index contributed by atoms with van der Waals surface area (Å²) in [5, 5.41) is 12.9. The van der Waals surface area contributed by atoms with Crippen LogP contribution in [-0.2, 0) is 14.3 Å². The van der Waals surface area contributed by atoms with E-state index in [-0.39, 0.29) is 11.8 Å². The van der Waals surface area contributed by atoms with E-state index < -0.39 is 52.1 Å². The van der Waals surface area contributed by atoms with Gasteiger partial charge in [-0.05, 0) is 69.4 Å². The third kappa shape index (κ3) is 3.17. The lowest BCUT2D eigenvalue weighted by atomic mass is 9.48. The minimum Gasteiger partial charge on any atom is -0.452 e. The van der Waals surface area contributed by atoms with Crippen LogP contribution in [0.5, 0.6) is 0 Å². The zero-order chi connectivity index (χ0) is 20.3. The second-order valence-corrected chi connectivity index (χ2v) is 8.73. The number of hydrogen-bond acceptors (Lipinski definition) is 4. The molecule has 2 unspecified atom stereocenters. The van der Waals surface area contributed by atoms with Gasteiger partial charge in [0.25, 0.3) is 5.91 Å². The molecule has 2 N–H and O–H groups in total. The van der Waals surface area contributed by atoms with Crippen molar-refractivity contribution < 1.29 is 32.6 Å². The smallest absolute Gasteiger partial charge is 0.312 e. The van der Waals surface area contributed by atoms with Crippen LogP contribution in [0.3, 0.4) is 0 Å². The number of ether oxygens (including phenoxy) is 1. The van der Waals surface area contributed by atoms with E-state index in [0.29, 0.717) is 38.2 Å². The molecule has 0 aliphatic heterocycles. The lowest BCUT2D eigenvalue weighted by Gasteiger charge is -2.58. The molecule has 5 atom stereocenters. The zero-order valence-corrected chi connectivity index (χ0v) is 15.4. The molecule has 1 amide bonds. The number of hydrogen-bond donors (Lipinski definition) is 2. The molecule has 4 aliphatic rings. The Labute approximate surface area is 160 Å². The van der Waals surface area contributed by atoms with Crippen molar-refractivity contribution in [3.63, 3.8) is 0 Å². The number of aliphatic hydroxyl groups is 1. The Morgan fingerprint density at radius 2 is 1.79 bits per heavy atom. The maximum Gasteiger partial charge on any atom is 0.312 e. The van der Waals surface area contributed by atoms with Crippen molar-refractivity contribution in [2.45, 2.75) is 57.2 Å². The first-order valence-corrected chi connectivity index (χ1v) is 9.49. The quantitative estimate of drug-likeness (QED) is 0.604. The number of carbonyl (C=O) groups is 2. The molecule has 0 spiro atoms. The summed E-state index contributed by atoms with van der Waals surface area (Å²) >= 11 is 0. The first-order chi connectivity index (χ1) is 13.1. The molecular formula is C20H22F3NO4. The summed E-state index contributed by atoms with van der Waals surface area (Å²) in [5.41, 5.74) is -2.17. The van der Waals surface area contributed by atoms with Gasteiger partial charge in [-0.15, -0.1) is 0 Å². The van der Waals surface area contributed by atoms with Gasteiger partial charge in [0, 0.05) is 0 Å². The number of benzene rings is 1. The Hall–Kier alpha value is -2.09. The van der Waals surface area contributed by atoms with Gasteiger partial charge < -0.3 is 15.2 Å². The third-order valence-corrected chi connectivity index (χ3v) is 6.41. The molecule has 0 saturated heterocycles.